The van der Waals surface area contributed by atoms with Crippen LogP contribution in [0.1, 0.15) is 27.7 Å². The van der Waals surface area contributed by atoms with E-state index >= 15 is 0 Å². The molecule has 2 nitrogen and oxygen atoms in total. The summed E-state index contributed by atoms with van der Waals surface area (Å²) in [6.45, 7) is 8.07. The van der Waals surface area contributed by atoms with Crippen molar-refractivity contribution >= 4 is 137 Å². The summed E-state index contributed by atoms with van der Waals surface area (Å²) in [5.41, 5.74) is 3.55. The van der Waals surface area contributed by atoms with Crippen molar-refractivity contribution in [3.8, 4) is 11.1 Å². The first-order valence-electron chi connectivity index (χ1n) is 11.2. The molecule has 4 aromatic rings. The van der Waals surface area contributed by atoms with Crippen molar-refractivity contribution in [2.24, 2.45) is 0 Å². The molecule has 3 aromatic carbocycles. The highest BCUT2D eigenvalue weighted by Gasteiger charge is 2.51. The van der Waals surface area contributed by atoms with E-state index in [0.717, 1.165) is 21.3 Å². The topological polar surface area (TPSA) is 18.5 Å². The van der Waals surface area contributed by atoms with E-state index in [1.165, 1.54) is 11.3 Å². The van der Waals surface area contributed by atoms with Crippen LogP contribution < -0.4 is 43.7 Å². The highest BCUT2D eigenvalue weighted by Crippen LogP contribution is 2.38. The SMILES string of the molecule is [B]c1c([B])c([B])c2c(sc3c(-c4cccc(B5OC(C)(C)C(C)(C)O5)c4)c([B])c([B])c([B])c32)c1[B]. The van der Waals surface area contributed by atoms with E-state index in [9.17, 15) is 0 Å². The molecule has 0 saturated carbocycles. The van der Waals surface area contributed by atoms with Crippen LogP contribution in [-0.4, -0.2) is 73.2 Å². The number of hydrogen-bond acceptors (Lipinski definition) is 3. The summed E-state index contributed by atoms with van der Waals surface area (Å²) >= 11 is 1.40. The van der Waals surface area contributed by atoms with Gasteiger partial charge in [-0.25, -0.2) is 0 Å². The molecular formula is C24H16B8O2S. The van der Waals surface area contributed by atoms with Crippen LogP contribution in [0.3, 0.4) is 0 Å². The van der Waals surface area contributed by atoms with Crippen LogP contribution >= 0.6 is 11.3 Å². The molecule has 11 heteroatoms. The van der Waals surface area contributed by atoms with Gasteiger partial charge in [-0.15, -0.1) is 27.7 Å². The molecule has 1 aliphatic heterocycles. The van der Waals surface area contributed by atoms with Gasteiger partial charge in [0.25, 0.3) is 0 Å². The Morgan fingerprint density at radius 1 is 0.657 bits per heavy atom. The summed E-state index contributed by atoms with van der Waals surface area (Å²) < 4.78 is 14.0. The molecule has 0 unspecified atom stereocenters. The molecule has 154 valence electrons. The fraction of sp³-hybridized carbons (Fsp3) is 0.250. The van der Waals surface area contributed by atoms with Gasteiger partial charge < -0.3 is 9.31 Å². The zero-order valence-corrected chi connectivity index (χ0v) is 21.0. The standard InChI is InChI=1S/C24H16B8O2S/c1-23(2)24(3,4)34-32(33-23)10-7-5-6-9(8-10)11-14(25)17(28)15(26)12-13-16(27)18(29)19(30)20(31)22(13)35-21(11)12/h5-8H,1-4H3. The third-order valence-corrected chi connectivity index (χ3v) is 8.58. The fourth-order valence-electron chi connectivity index (χ4n) is 4.50. The third-order valence-electron chi connectivity index (χ3n) is 7.34. The molecule has 0 aliphatic carbocycles. The van der Waals surface area contributed by atoms with E-state index < -0.39 is 18.3 Å². The van der Waals surface area contributed by atoms with E-state index in [2.05, 4.69) is 0 Å². The molecule has 0 bridgehead atoms. The Bertz CT molecular complexity index is 1530. The van der Waals surface area contributed by atoms with E-state index in [1.807, 2.05) is 52.0 Å². The van der Waals surface area contributed by atoms with Crippen molar-refractivity contribution < 1.29 is 9.31 Å². The molecule has 1 aromatic heterocycles. The normalized spacial score (nSPS) is 17.0. The highest BCUT2D eigenvalue weighted by molar-refractivity contribution is 7.28. The lowest BCUT2D eigenvalue weighted by atomic mass is 9.64. The molecule has 14 radical (unpaired) electrons. The quantitative estimate of drug-likeness (QED) is 0.314. The van der Waals surface area contributed by atoms with E-state index in [4.69, 9.17) is 64.2 Å². The predicted molar refractivity (Wildman–Crippen MR) is 158 cm³/mol. The molecule has 0 N–H and O–H groups in total. The van der Waals surface area contributed by atoms with E-state index in [-0.39, 0.29) is 16.4 Å². The van der Waals surface area contributed by atoms with Crippen molar-refractivity contribution in [3.63, 3.8) is 0 Å². The van der Waals surface area contributed by atoms with Crippen molar-refractivity contribution in [1.29, 1.82) is 0 Å². The number of benzene rings is 3. The van der Waals surface area contributed by atoms with Gasteiger partial charge in [0.1, 0.15) is 54.9 Å². The van der Waals surface area contributed by atoms with E-state index in [0.29, 0.717) is 37.3 Å². The van der Waals surface area contributed by atoms with Crippen LogP contribution in [0.4, 0.5) is 0 Å². The second-order valence-corrected chi connectivity index (χ2v) is 11.0. The summed E-state index contributed by atoms with van der Waals surface area (Å²) in [5, 5.41) is 1.28. The van der Waals surface area contributed by atoms with E-state index in [1.54, 1.807) is 0 Å². The molecule has 1 saturated heterocycles. The first kappa shape index (κ1) is 25.0. The third kappa shape index (κ3) is 3.56. The largest absolute Gasteiger partial charge is 0.494 e. The Morgan fingerprint density at radius 2 is 1.17 bits per heavy atom. The number of fused-ring (bicyclic) bond motifs is 3. The average molecular weight is 455 g/mol. The number of rotatable bonds is 2. The minimum absolute atomic E-state index is 0.216. The van der Waals surface area contributed by atoms with Gasteiger partial charge in [0.2, 0.25) is 0 Å². The Morgan fingerprint density at radius 3 is 1.77 bits per heavy atom. The van der Waals surface area contributed by atoms with Crippen LogP contribution in [0.25, 0.3) is 31.3 Å². The van der Waals surface area contributed by atoms with Crippen LogP contribution in [0.5, 0.6) is 0 Å². The number of thiophene rings is 1. The first-order valence-corrected chi connectivity index (χ1v) is 12.0. The Balaban J connectivity index is 1.79. The molecular weight excluding hydrogens is 439 g/mol. The minimum Gasteiger partial charge on any atom is -0.399 e. The lowest BCUT2D eigenvalue weighted by Gasteiger charge is -2.32. The fourth-order valence-corrected chi connectivity index (χ4v) is 5.88. The Kier molecular flexibility index (Phi) is 5.83. The molecule has 1 fully saturated rings. The maximum atomic E-state index is 6.56. The van der Waals surface area contributed by atoms with Gasteiger partial charge >= 0.3 is 7.12 Å². The molecule has 5 rings (SSSR count). The summed E-state index contributed by atoms with van der Waals surface area (Å²) in [6.07, 6.45) is 0. The maximum Gasteiger partial charge on any atom is 0.494 e. The van der Waals surface area contributed by atoms with Gasteiger partial charge in [0.05, 0.1) is 11.2 Å². The summed E-state index contributed by atoms with van der Waals surface area (Å²) in [6, 6.07) is 7.83. The second-order valence-electron chi connectivity index (χ2n) is 9.99. The van der Waals surface area contributed by atoms with Crippen molar-refractivity contribution in [3.05, 3.63) is 24.3 Å². The molecule has 0 spiro atoms. The summed E-state index contributed by atoms with van der Waals surface area (Å²) in [7, 11) is 43.9. The van der Waals surface area contributed by atoms with Crippen LogP contribution in [0.2, 0.25) is 0 Å². The summed E-state index contributed by atoms with van der Waals surface area (Å²) in [4.78, 5) is 0. The first-order chi connectivity index (χ1) is 16.3. The van der Waals surface area contributed by atoms with Gasteiger partial charge in [0.15, 0.2) is 0 Å². The monoisotopic (exact) mass is 456 g/mol. The molecule has 1 aliphatic rings. The maximum absolute atomic E-state index is 6.56. The molecule has 35 heavy (non-hydrogen) atoms. The van der Waals surface area contributed by atoms with Crippen molar-refractivity contribution in [1.82, 2.24) is 0 Å². The molecule has 0 atom stereocenters. The zero-order chi connectivity index (χ0) is 25.6. The van der Waals surface area contributed by atoms with Gasteiger partial charge in [-0.2, -0.15) is 0 Å². The molecule has 2 heterocycles. The van der Waals surface area contributed by atoms with Gasteiger partial charge in [0, 0.05) is 9.40 Å². The van der Waals surface area contributed by atoms with Crippen molar-refractivity contribution in [2.75, 3.05) is 0 Å². The Labute approximate surface area is 220 Å². The second kappa shape index (κ2) is 8.16. The lowest BCUT2D eigenvalue weighted by molar-refractivity contribution is 0.00578. The summed E-state index contributed by atoms with van der Waals surface area (Å²) in [5.74, 6) is 0. The zero-order valence-electron chi connectivity index (χ0n) is 20.2. The van der Waals surface area contributed by atoms with Crippen molar-refractivity contribution in [2.45, 2.75) is 38.9 Å². The number of hydrogen-bond donors (Lipinski definition) is 0. The lowest BCUT2D eigenvalue weighted by Crippen LogP contribution is -2.47. The van der Waals surface area contributed by atoms with Gasteiger partial charge in [-0.3, -0.25) is 0 Å². The molecule has 0 amide bonds. The van der Waals surface area contributed by atoms with Crippen LogP contribution in [-0.2, 0) is 9.31 Å². The minimum atomic E-state index is -0.531. The van der Waals surface area contributed by atoms with Gasteiger partial charge in [-0.1, -0.05) is 46.1 Å². The predicted octanol–water partition coefficient (Wildman–Crippen LogP) is -2.42. The van der Waals surface area contributed by atoms with Gasteiger partial charge in [-0.05, 0) is 55.1 Å². The average Bonchev–Trinajstić information content (AvgIpc) is 3.29. The van der Waals surface area contributed by atoms with Crippen LogP contribution in [0.15, 0.2) is 24.3 Å². The Hall–Kier alpha value is -1.68. The van der Waals surface area contributed by atoms with Crippen LogP contribution in [0, 0.1) is 0 Å². The highest BCUT2D eigenvalue weighted by atomic mass is 32.1. The smallest absolute Gasteiger partial charge is 0.399 e.